The van der Waals surface area contributed by atoms with E-state index in [1.54, 1.807) is 21.1 Å². The molecular formula is C44H75NO7. The van der Waals surface area contributed by atoms with E-state index in [2.05, 4.69) is 74.6 Å². The quantitative estimate of drug-likeness (QED) is 0.0277. The topological polar surface area (TPSA) is 102 Å². The first-order valence-electron chi connectivity index (χ1n) is 20.3. The maximum Gasteiger partial charge on any atom is 0.306 e. The second-order valence-corrected chi connectivity index (χ2v) is 14.5. The number of rotatable bonds is 35. The minimum Gasteiger partial charge on any atom is -0.544 e. The molecule has 0 aromatic rings. The Morgan fingerprint density at radius 2 is 1.10 bits per heavy atom. The molecule has 0 saturated carbocycles. The van der Waals surface area contributed by atoms with E-state index in [-0.39, 0.29) is 49.1 Å². The molecule has 0 aliphatic carbocycles. The molecule has 0 fully saturated rings. The molecular weight excluding hydrogens is 654 g/mol. The average molecular weight is 730 g/mol. The summed E-state index contributed by atoms with van der Waals surface area (Å²) in [4.78, 5) is 36.6. The Balaban J connectivity index is 4.36. The lowest BCUT2D eigenvalue weighted by Gasteiger charge is -2.34. The molecule has 8 heteroatoms. The van der Waals surface area contributed by atoms with Gasteiger partial charge in [-0.3, -0.25) is 9.59 Å². The van der Waals surface area contributed by atoms with Gasteiger partial charge in [-0.05, 0) is 70.6 Å². The average Bonchev–Trinajstić information content (AvgIpc) is 3.09. The zero-order valence-corrected chi connectivity index (χ0v) is 33.7. The molecule has 0 aromatic carbocycles. The van der Waals surface area contributed by atoms with Crippen molar-refractivity contribution in [2.45, 2.75) is 161 Å². The fraction of sp³-hybridized carbons (Fsp3) is 0.705. The van der Waals surface area contributed by atoms with Crippen molar-refractivity contribution in [1.82, 2.24) is 0 Å². The third-order valence-corrected chi connectivity index (χ3v) is 8.64. The zero-order valence-electron chi connectivity index (χ0n) is 33.7. The minimum absolute atomic E-state index is 0.0223. The SMILES string of the molecule is CC/C=C/C/C=C/C/C=C/C/C=C/CCCCCCCCC(=O)OCC(COCCC(C(=O)[O-])[N+](C)(C)C)OC(=O)CCC/C=C/CCCCCC. The van der Waals surface area contributed by atoms with Gasteiger partial charge in [0.15, 0.2) is 6.10 Å². The number of likely N-dealkylation sites (N-methyl/N-ethyl adjacent to an activating group) is 1. The Morgan fingerprint density at radius 1 is 0.596 bits per heavy atom. The van der Waals surface area contributed by atoms with Crippen LogP contribution in [0.25, 0.3) is 0 Å². The Labute approximate surface area is 318 Å². The van der Waals surface area contributed by atoms with E-state index in [1.807, 2.05) is 0 Å². The predicted molar refractivity (Wildman–Crippen MR) is 212 cm³/mol. The highest BCUT2D eigenvalue weighted by atomic mass is 16.6. The Bertz CT molecular complexity index is 1040. The highest BCUT2D eigenvalue weighted by molar-refractivity contribution is 5.70. The summed E-state index contributed by atoms with van der Waals surface area (Å²) in [5, 5.41) is 11.6. The van der Waals surface area contributed by atoms with Crippen LogP contribution in [-0.4, -0.2) is 75.5 Å². The number of unbranched alkanes of at least 4 members (excludes halogenated alkanes) is 11. The van der Waals surface area contributed by atoms with Gasteiger partial charge < -0.3 is 28.6 Å². The van der Waals surface area contributed by atoms with E-state index < -0.39 is 18.1 Å². The Kier molecular flexibility index (Phi) is 33.1. The number of carbonyl (C=O) groups excluding carboxylic acids is 3. The number of esters is 2. The van der Waals surface area contributed by atoms with Crippen molar-refractivity contribution < 1.29 is 38.2 Å². The van der Waals surface area contributed by atoms with Crippen molar-refractivity contribution in [2.24, 2.45) is 0 Å². The van der Waals surface area contributed by atoms with Crippen molar-refractivity contribution in [3.8, 4) is 0 Å². The van der Waals surface area contributed by atoms with E-state index in [4.69, 9.17) is 14.2 Å². The van der Waals surface area contributed by atoms with Gasteiger partial charge in [-0.15, -0.1) is 0 Å². The van der Waals surface area contributed by atoms with Gasteiger partial charge in [0.05, 0.1) is 40.3 Å². The molecule has 0 radical (unpaired) electrons. The van der Waals surface area contributed by atoms with Crippen LogP contribution >= 0.6 is 0 Å². The normalized spacial score (nSPS) is 13.6. The standard InChI is InChI=1S/C44H75NO7/c1-6-8-10-12-14-16-17-18-19-20-21-22-23-24-25-27-28-30-32-34-42(46)51-39-40(38-50-37-36-41(44(48)49)45(3,4)5)52-43(47)35-33-31-29-26-15-13-11-9-7-2/h8,10,14,16,18-19,21-22,26,29,40-41H,6-7,9,11-13,15,17,20,23-25,27-28,30-39H2,1-5H3/b10-8+,16-14+,19-18+,22-21+,29-26+. The van der Waals surface area contributed by atoms with E-state index in [1.165, 1.54) is 38.5 Å². The lowest BCUT2D eigenvalue weighted by molar-refractivity contribution is -0.889. The third-order valence-electron chi connectivity index (χ3n) is 8.64. The monoisotopic (exact) mass is 730 g/mol. The highest BCUT2D eigenvalue weighted by Crippen LogP contribution is 2.12. The molecule has 0 aliphatic heterocycles. The number of quaternary nitrogens is 1. The summed E-state index contributed by atoms with van der Waals surface area (Å²) < 4.78 is 17.0. The maximum atomic E-state index is 12.6. The molecule has 52 heavy (non-hydrogen) atoms. The van der Waals surface area contributed by atoms with E-state index in [9.17, 15) is 19.5 Å². The van der Waals surface area contributed by atoms with Crippen LogP contribution in [0.15, 0.2) is 60.8 Å². The molecule has 8 nitrogen and oxygen atoms in total. The molecule has 0 spiro atoms. The first-order valence-corrected chi connectivity index (χ1v) is 20.3. The summed E-state index contributed by atoms with van der Waals surface area (Å²) >= 11 is 0. The molecule has 0 saturated heterocycles. The van der Waals surface area contributed by atoms with Gasteiger partial charge in [-0.1, -0.05) is 120 Å². The van der Waals surface area contributed by atoms with E-state index in [0.717, 1.165) is 70.6 Å². The fourth-order valence-corrected chi connectivity index (χ4v) is 5.48. The van der Waals surface area contributed by atoms with Crippen LogP contribution in [0.4, 0.5) is 0 Å². The molecule has 0 N–H and O–H groups in total. The smallest absolute Gasteiger partial charge is 0.306 e. The van der Waals surface area contributed by atoms with Gasteiger partial charge in [0.1, 0.15) is 12.6 Å². The second kappa shape index (κ2) is 35.1. The number of ether oxygens (including phenoxy) is 3. The molecule has 298 valence electrons. The lowest BCUT2D eigenvalue weighted by Crippen LogP contribution is -2.55. The lowest BCUT2D eigenvalue weighted by atomic mass is 10.1. The van der Waals surface area contributed by atoms with Crippen molar-refractivity contribution in [2.75, 3.05) is 41.0 Å². The van der Waals surface area contributed by atoms with Crippen LogP contribution in [-0.2, 0) is 28.6 Å². The highest BCUT2D eigenvalue weighted by Gasteiger charge is 2.25. The summed E-state index contributed by atoms with van der Waals surface area (Å²) in [7, 11) is 5.38. The van der Waals surface area contributed by atoms with Crippen LogP contribution in [0.1, 0.15) is 149 Å². The molecule has 0 aromatic heterocycles. The second-order valence-electron chi connectivity index (χ2n) is 14.5. The fourth-order valence-electron chi connectivity index (χ4n) is 5.48. The number of hydrogen-bond donors (Lipinski definition) is 0. The minimum atomic E-state index is -1.13. The van der Waals surface area contributed by atoms with Gasteiger partial charge >= 0.3 is 11.9 Å². The molecule has 0 rings (SSSR count). The number of nitrogens with zero attached hydrogens (tertiary/aromatic N) is 1. The molecule has 0 heterocycles. The van der Waals surface area contributed by atoms with Gasteiger partial charge in [0, 0.05) is 19.3 Å². The first kappa shape index (κ1) is 49.0. The van der Waals surface area contributed by atoms with Gasteiger partial charge in [0.25, 0.3) is 0 Å². The molecule has 0 amide bonds. The van der Waals surface area contributed by atoms with Gasteiger partial charge in [-0.2, -0.15) is 0 Å². The van der Waals surface area contributed by atoms with Gasteiger partial charge in [0.2, 0.25) is 0 Å². The molecule has 2 unspecified atom stereocenters. The van der Waals surface area contributed by atoms with Crippen molar-refractivity contribution in [3.63, 3.8) is 0 Å². The van der Waals surface area contributed by atoms with Crippen LogP contribution < -0.4 is 5.11 Å². The zero-order chi connectivity index (χ0) is 38.5. The van der Waals surface area contributed by atoms with Gasteiger partial charge in [-0.25, -0.2) is 0 Å². The largest absolute Gasteiger partial charge is 0.544 e. The summed E-state index contributed by atoms with van der Waals surface area (Å²) in [5.74, 6) is -1.81. The number of hydrogen-bond acceptors (Lipinski definition) is 7. The van der Waals surface area contributed by atoms with Crippen LogP contribution in [0.3, 0.4) is 0 Å². The van der Waals surface area contributed by atoms with Crippen LogP contribution in [0.2, 0.25) is 0 Å². The third kappa shape index (κ3) is 32.9. The van der Waals surface area contributed by atoms with E-state index >= 15 is 0 Å². The van der Waals surface area contributed by atoms with Crippen LogP contribution in [0.5, 0.6) is 0 Å². The summed E-state index contributed by atoms with van der Waals surface area (Å²) in [5.41, 5.74) is 0. The Hall–Kier alpha value is -2.97. The van der Waals surface area contributed by atoms with E-state index in [0.29, 0.717) is 12.8 Å². The number of carbonyl (C=O) groups is 3. The maximum absolute atomic E-state index is 12.6. The number of carboxylic acid groups (broad SMARTS) is 1. The Morgan fingerprint density at radius 3 is 1.67 bits per heavy atom. The summed E-state index contributed by atoms with van der Waals surface area (Å²) in [6, 6.07) is -0.732. The predicted octanol–water partition coefficient (Wildman–Crippen LogP) is 9.30. The summed E-state index contributed by atoms with van der Waals surface area (Å²) in [6.07, 6.45) is 41.1. The van der Waals surface area contributed by atoms with Crippen molar-refractivity contribution in [3.05, 3.63) is 60.8 Å². The molecule has 0 aliphatic rings. The number of allylic oxidation sites excluding steroid dienone is 10. The number of aliphatic carboxylic acids is 1. The molecule has 0 bridgehead atoms. The molecule has 2 atom stereocenters. The summed E-state index contributed by atoms with van der Waals surface area (Å²) in [6.45, 7) is 4.44. The van der Waals surface area contributed by atoms with Crippen molar-refractivity contribution in [1.29, 1.82) is 0 Å². The van der Waals surface area contributed by atoms with Crippen LogP contribution in [0, 0.1) is 0 Å². The number of carboxylic acids is 1. The van der Waals surface area contributed by atoms with Crippen molar-refractivity contribution >= 4 is 17.9 Å². The first-order chi connectivity index (χ1) is 25.1.